The van der Waals surface area contributed by atoms with Crippen LogP contribution in [0.15, 0.2) is 59.4 Å². The first-order valence-corrected chi connectivity index (χ1v) is 11.1. The number of morpholine rings is 1. The third-order valence-corrected chi connectivity index (χ3v) is 5.85. The first-order valence-electron chi connectivity index (χ1n) is 11.1. The summed E-state index contributed by atoms with van der Waals surface area (Å²) in [5.41, 5.74) is 0.789. The number of aryl methyl sites for hydroxylation is 1. The molecule has 0 bridgehead atoms. The SMILES string of the molecule is COc1ccc(C(CNC(=O)c2nn(-c3ccccc3F)c(C)cc2=O)N2CCOCC2)cc1. The van der Waals surface area contributed by atoms with Gasteiger partial charge in [-0.2, -0.15) is 5.10 Å². The van der Waals surface area contributed by atoms with Crippen LogP contribution in [0.3, 0.4) is 0 Å². The summed E-state index contributed by atoms with van der Waals surface area (Å²) < 4.78 is 26.3. The van der Waals surface area contributed by atoms with Crippen molar-refractivity contribution < 1.29 is 18.7 Å². The van der Waals surface area contributed by atoms with Crippen LogP contribution in [0.1, 0.15) is 27.8 Å². The van der Waals surface area contributed by atoms with Gasteiger partial charge in [-0.05, 0) is 36.8 Å². The van der Waals surface area contributed by atoms with Crippen molar-refractivity contribution >= 4 is 5.91 Å². The molecule has 1 saturated heterocycles. The summed E-state index contributed by atoms with van der Waals surface area (Å²) in [6.07, 6.45) is 0. The van der Waals surface area contributed by atoms with Crippen LogP contribution in [0.4, 0.5) is 4.39 Å². The molecule has 0 aliphatic carbocycles. The third kappa shape index (κ3) is 5.16. The quantitative estimate of drug-likeness (QED) is 0.576. The molecule has 1 atom stereocenters. The van der Waals surface area contributed by atoms with Gasteiger partial charge < -0.3 is 14.8 Å². The van der Waals surface area contributed by atoms with Crippen molar-refractivity contribution in [2.45, 2.75) is 13.0 Å². The Kier molecular flexibility index (Phi) is 7.34. The summed E-state index contributed by atoms with van der Waals surface area (Å²) in [5, 5.41) is 7.05. The molecule has 1 amide bonds. The fourth-order valence-corrected chi connectivity index (χ4v) is 4.02. The van der Waals surface area contributed by atoms with Crippen LogP contribution in [0.5, 0.6) is 5.75 Å². The highest BCUT2D eigenvalue weighted by Gasteiger charge is 2.25. The van der Waals surface area contributed by atoms with Gasteiger partial charge in [-0.1, -0.05) is 24.3 Å². The fourth-order valence-electron chi connectivity index (χ4n) is 4.02. The van der Waals surface area contributed by atoms with E-state index in [9.17, 15) is 14.0 Å². The molecule has 0 spiro atoms. The number of nitrogens with zero attached hydrogens (tertiary/aromatic N) is 3. The third-order valence-electron chi connectivity index (χ3n) is 5.85. The Morgan fingerprint density at radius 1 is 1.18 bits per heavy atom. The Morgan fingerprint density at radius 2 is 1.88 bits per heavy atom. The number of methoxy groups -OCH3 is 1. The lowest BCUT2D eigenvalue weighted by Gasteiger charge is -2.35. The molecule has 0 radical (unpaired) electrons. The van der Waals surface area contributed by atoms with Crippen molar-refractivity contribution in [3.63, 3.8) is 0 Å². The Bertz CT molecular complexity index is 1210. The highest BCUT2D eigenvalue weighted by Crippen LogP contribution is 2.24. The number of halogens is 1. The summed E-state index contributed by atoms with van der Waals surface area (Å²) in [6, 6.07) is 14.9. The molecule has 4 rings (SSSR count). The lowest BCUT2D eigenvalue weighted by atomic mass is 10.0. The van der Waals surface area contributed by atoms with E-state index in [0.717, 1.165) is 24.4 Å². The van der Waals surface area contributed by atoms with E-state index in [2.05, 4.69) is 15.3 Å². The number of hydrogen-bond acceptors (Lipinski definition) is 6. The Balaban J connectivity index is 1.58. The summed E-state index contributed by atoms with van der Waals surface area (Å²) in [4.78, 5) is 27.8. The highest BCUT2D eigenvalue weighted by atomic mass is 19.1. The second-order valence-corrected chi connectivity index (χ2v) is 8.01. The number of rotatable bonds is 7. The van der Waals surface area contributed by atoms with Crippen molar-refractivity contribution in [1.82, 2.24) is 20.0 Å². The average molecular weight is 467 g/mol. The molecular weight excluding hydrogens is 439 g/mol. The Morgan fingerprint density at radius 3 is 2.56 bits per heavy atom. The molecule has 9 heteroatoms. The lowest BCUT2D eigenvalue weighted by molar-refractivity contribution is 0.0162. The summed E-state index contributed by atoms with van der Waals surface area (Å²) in [5.74, 6) is -0.368. The summed E-state index contributed by atoms with van der Waals surface area (Å²) in [7, 11) is 1.61. The number of hydrogen-bond donors (Lipinski definition) is 1. The number of carbonyl (C=O) groups is 1. The topological polar surface area (TPSA) is 85.7 Å². The number of benzene rings is 2. The maximum Gasteiger partial charge on any atom is 0.275 e. The summed E-state index contributed by atoms with van der Waals surface area (Å²) >= 11 is 0. The van der Waals surface area contributed by atoms with Crippen LogP contribution in [-0.2, 0) is 4.74 Å². The van der Waals surface area contributed by atoms with Gasteiger partial charge in [-0.3, -0.25) is 14.5 Å². The van der Waals surface area contributed by atoms with E-state index in [0.29, 0.717) is 18.9 Å². The van der Waals surface area contributed by atoms with Crippen molar-refractivity contribution in [2.75, 3.05) is 40.0 Å². The minimum absolute atomic E-state index is 0.127. The molecule has 8 nitrogen and oxygen atoms in total. The molecule has 1 aliphatic rings. The number of nitrogens with one attached hydrogen (secondary N) is 1. The van der Waals surface area contributed by atoms with Gasteiger partial charge in [0.1, 0.15) is 17.3 Å². The first-order chi connectivity index (χ1) is 16.5. The maximum absolute atomic E-state index is 14.3. The smallest absolute Gasteiger partial charge is 0.275 e. The van der Waals surface area contributed by atoms with Crippen LogP contribution >= 0.6 is 0 Å². The molecule has 3 aromatic rings. The molecule has 1 aromatic heterocycles. The van der Waals surface area contributed by atoms with Crippen LogP contribution in [0.25, 0.3) is 5.69 Å². The molecule has 1 N–H and O–H groups in total. The zero-order valence-corrected chi connectivity index (χ0v) is 19.2. The van der Waals surface area contributed by atoms with Crippen LogP contribution < -0.4 is 15.5 Å². The average Bonchev–Trinajstić information content (AvgIpc) is 2.86. The number of carbonyl (C=O) groups excluding carboxylic acids is 1. The van der Waals surface area contributed by atoms with E-state index >= 15 is 0 Å². The molecule has 1 unspecified atom stereocenters. The van der Waals surface area contributed by atoms with Gasteiger partial charge in [0, 0.05) is 31.4 Å². The Labute approximate surface area is 196 Å². The predicted octanol–water partition coefficient (Wildman–Crippen LogP) is 2.49. The first kappa shape index (κ1) is 23.6. The van der Waals surface area contributed by atoms with Gasteiger partial charge in [0.05, 0.1) is 26.4 Å². The van der Waals surface area contributed by atoms with Gasteiger partial charge >= 0.3 is 0 Å². The monoisotopic (exact) mass is 466 g/mol. The predicted molar refractivity (Wildman–Crippen MR) is 125 cm³/mol. The van der Waals surface area contributed by atoms with E-state index in [1.807, 2.05) is 24.3 Å². The highest BCUT2D eigenvalue weighted by molar-refractivity contribution is 5.92. The van der Waals surface area contributed by atoms with Crippen molar-refractivity contribution in [1.29, 1.82) is 0 Å². The van der Waals surface area contributed by atoms with E-state index in [-0.39, 0.29) is 24.0 Å². The molecule has 0 saturated carbocycles. The minimum atomic E-state index is -0.609. The van der Waals surface area contributed by atoms with Crippen molar-refractivity contribution in [3.8, 4) is 11.4 Å². The largest absolute Gasteiger partial charge is 0.497 e. The summed E-state index contributed by atoms with van der Waals surface area (Å²) in [6.45, 7) is 4.55. The molecule has 34 heavy (non-hydrogen) atoms. The number of aromatic nitrogens is 2. The second kappa shape index (κ2) is 10.6. The molecular formula is C25H27FN4O4. The molecule has 2 heterocycles. The molecule has 1 fully saturated rings. The molecule has 1 aliphatic heterocycles. The number of ether oxygens (including phenoxy) is 2. The van der Waals surface area contributed by atoms with Crippen LogP contribution in [0, 0.1) is 12.7 Å². The zero-order chi connectivity index (χ0) is 24.1. The van der Waals surface area contributed by atoms with Crippen LogP contribution in [0.2, 0.25) is 0 Å². The minimum Gasteiger partial charge on any atom is -0.497 e. The van der Waals surface area contributed by atoms with Crippen molar-refractivity contribution in [2.24, 2.45) is 0 Å². The van der Waals surface area contributed by atoms with Gasteiger partial charge in [-0.15, -0.1) is 0 Å². The molecule has 178 valence electrons. The Hall–Kier alpha value is -3.56. The fraction of sp³-hybridized carbons (Fsp3) is 0.320. The van der Waals surface area contributed by atoms with E-state index in [1.165, 1.54) is 16.8 Å². The lowest BCUT2D eigenvalue weighted by Crippen LogP contribution is -2.44. The van der Waals surface area contributed by atoms with Gasteiger partial charge in [-0.25, -0.2) is 9.07 Å². The maximum atomic E-state index is 14.3. The normalized spacial score (nSPS) is 15.0. The van der Waals surface area contributed by atoms with Gasteiger partial charge in [0.15, 0.2) is 5.69 Å². The number of amides is 1. The zero-order valence-electron chi connectivity index (χ0n) is 19.2. The standard InChI is InChI=1S/C25H27FN4O4/c1-17-15-23(31)24(28-30(17)21-6-4-3-5-20(21)26)25(32)27-16-22(29-11-13-34-14-12-29)18-7-9-19(33-2)10-8-18/h3-10,15,22H,11-14,16H2,1-2H3,(H,27,32). The van der Waals surface area contributed by atoms with Crippen LogP contribution in [-0.4, -0.2) is 60.5 Å². The van der Waals surface area contributed by atoms with E-state index in [4.69, 9.17) is 9.47 Å². The molecule has 2 aromatic carbocycles. The second-order valence-electron chi connectivity index (χ2n) is 8.01. The number of para-hydroxylation sites is 1. The van der Waals surface area contributed by atoms with Crippen molar-refractivity contribution in [3.05, 3.63) is 87.6 Å². The van der Waals surface area contributed by atoms with Gasteiger partial charge in [0.25, 0.3) is 5.91 Å². The van der Waals surface area contributed by atoms with E-state index < -0.39 is 17.2 Å². The van der Waals surface area contributed by atoms with Gasteiger partial charge in [0.2, 0.25) is 5.43 Å². The van der Waals surface area contributed by atoms with E-state index in [1.54, 1.807) is 32.2 Å².